The van der Waals surface area contributed by atoms with Crippen molar-refractivity contribution in [2.24, 2.45) is 5.73 Å². The molecule has 0 bridgehead atoms. The van der Waals surface area contributed by atoms with Gasteiger partial charge in [0.2, 0.25) is 0 Å². The molecule has 0 saturated carbocycles. The van der Waals surface area contributed by atoms with Crippen molar-refractivity contribution in [3.63, 3.8) is 0 Å². The Hall–Kier alpha value is -0.550. The largest absolute Gasteiger partial charge is 0.496 e. The third-order valence-electron chi connectivity index (χ3n) is 2.38. The van der Waals surface area contributed by atoms with Crippen LogP contribution in [0, 0.1) is 0 Å². The number of hydrogen-bond donors (Lipinski definition) is 1. The van der Waals surface area contributed by atoms with Crippen LogP contribution in [-0.2, 0) is 0 Å². The van der Waals surface area contributed by atoms with E-state index >= 15 is 0 Å². The molecule has 0 radical (unpaired) electrons. The van der Waals surface area contributed by atoms with Gasteiger partial charge in [-0.15, -0.1) is 23.7 Å². The Labute approximate surface area is 119 Å². The van der Waals surface area contributed by atoms with Crippen molar-refractivity contribution in [3.8, 4) is 5.75 Å². The number of methoxy groups -OCH3 is 1. The number of ether oxygens (including phenoxy) is 1. The van der Waals surface area contributed by atoms with E-state index in [2.05, 4.69) is 15.9 Å². The van der Waals surface area contributed by atoms with Gasteiger partial charge in [0.05, 0.1) is 13.2 Å². The molecule has 1 aromatic carbocycles. The predicted molar refractivity (Wildman–Crippen MR) is 78.3 cm³/mol. The normalized spacial score (nSPS) is 11.7. The summed E-state index contributed by atoms with van der Waals surface area (Å²) in [7, 11) is 1.66. The van der Waals surface area contributed by atoms with E-state index in [1.807, 2.05) is 35.7 Å². The van der Waals surface area contributed by atoms with Crippen LogP contribution in [0.2, 0.25) is 0 Å². The summed E-state index contributed by atoms with van der Waals surface area (Å²) in [6.07, 6.45) is 0. The molecule has 0 saturated heterocycles. The van der Waals surface area contributed by atoms with E-state index in [-0.39, 0.29) is 18.4 Å². The third kappa shape index (κ3) is 3.22. The van der Waals surface area contributed by atoms with Crippen molar-refractivity contribution in [2.75, 3.05) is 7.11 Å². The van der Waals surface area contributed by atoms with Crippen LogP contribution in [0.15, 0.2) is 40.2 Å². The van der Waals surface area contributed by atoms with Crippen LogP contribution in [-0.4, -0.2) is 7.11 Å². The van der Waals surface area contributed by atoms with Gasteiger partial charge in [-0.3, -0.25) is 0 Å². The number of thiophene rings is 1. The first kappa shape index (κ1) is 14.5. The van der Waals surface area contributed by atoms with E-state index < -0.39 is 0 Å². The Morgan fingerprint density at radius 1 is 1.35 bits per heavy atom. The number of benzene rings is 1. The molecule has 1 aromatic heterocycles. The Morgan fingerprint density at radius 2 is 2.12 bits per heavy atom. The highest BCUT2D eigenvalue weighted by molar-refractivity contribution is 9.10. The molecule has 0 spiro atoms. The molecule has 2 nitrogen and oxygen atoms in total. The topological polar surface area (TPSA) is 35.2 Å². The molecule has 5 heteroatoms. The van der Waals surface area contributed by atoms with E-state index in [1.54, 1.807) is 18.4 Å². The molecular formula is C12H13BrClNOS. The second-order valence-corrected chi connectivity index (χ2v) is 5.27. The molecule has 2 rings (SSSR count). The van der Waals surface area contributed by atoms with Crippen LogP contribution in [0.1, 0.15) is 16.5 Å². The maximum absolute atomic E-state index is 6.22. The minimum absolute atomic E-state index is 0. The Bertz CT molecular complexity index is 475. The van der Waals surface area contributed by atoms with Gasteiger partial charge in [0.1, 0.15) is 5.75 Å². The Morgan fingerprint density at radius 3 is 2.71 bits per heavy atom. The maximum atomic E-state index is 6.22. The molecular weight excluding hydrogens is 322 g/mol. The minimum atomic E-state index is -0.132. The molecule has 2 N–H and O–H groups in total. The van der Waals surface area contributed by atoms with Crippen LogP contribution in [0.25, 0.3) is 0 Å². The summed E-state index contributed by atoms with van der Waals surface area (Å²) in [5, 5.41) is 2.03. The highest BCUT2D eigenvalue weighted by atomic mass is 79.9. The first-order valence-electron chi connectivity index (χ1n) is 4.85. The lowest BCUT2D eigenvalue weighted by Crippen LogP contribution is -2.11. The van der Waals surface area contributed by atoms with Crippen molar-refractivity contribution >= 4 is 39.7 Å². The van der Waals surface area contributed by atoms with Gasteiger partial charge >= 0.3 is 0 Å². The molecule has 92 valence electrons. The summed E-state index contributed by atoms with van der Waals surface area (Å²) in [6.45, 7) is 0. The summed E-state index contributed by atoms with van der Waals surface area (Å²) >= 11 is 5.10. The van der Waals surface area contributed by atoms with Gasteiger partial charge in [-0.05, 0) is 29.6 Å². The molecule has 2 aromatic rings. The average Bonchev–Trinajstić information content (AvgIpc) is 2.81. The summed E-state index contributed by atoms with van der Waals surface area (Å²) in [5.41, 5.74) is 7.21. The molecule has 0 aliphatic carbocycles. The van der Waals surface area contributed by atoms with Gasteiger partial charge in [-0.2, -0.15) is 0 Å². The maximum Gasteiger partial charge on any atom is 0.124 e. The second-order valence-electron chi connectivity index (χ2n) is 3.38. The van der Waals surface area contributed by atoms with Crippen molar-refractivity contribution in [3.05, 3.63) is 50.6 Å². The summed E-state index contributed by atoms with van der Waals surface area (Å²) in [5.74, 6) is 0.823. The minimum Gasteiger partial charge on any atom is -0.496 e. The average molecular weight is 335 g/mol. The highest BCUT2D eigenvalue weighted by Crippen LogP contribution is 2.32. The number of hydrogen-bond acceptors (Lipinski definition) is 3. The number of rotatable bonds is 3. The van der Waals surface area contributed by atoms with Crippen LogP contribution >= 0.6 is 39.7 Å². The lowest BCUT2D eigenvalue weighted by Gasteiger charge is -2.14. The quantitative estimate of drug-likeness (QED) is 0.921. The fraction of sp³-hybridized carbons (Fsp3) is 0.167. The summed E-state index contributed by atoms with van der Waals surface area (Å²) < 4.78 is 6.33. The zero-order chi connectivity index (χ0) is 11.5. The van der Waals surface area contributed by atoms with E-state index in [1.165, 1.54) is 0 Å². The van der Waals surface area contributed by atoms with Gasteiger partial charge in [-0.1, -0.05) is 22.0 Å². The molecule has 0 fully saturated rings. The standard InChI is InChI=1S/C12H12BrNOS.ClH/c1-15-10-5-4-8(13)7-9(10)12(14)11-3-2-6-16-11;/h2-7,12H,14H2,1H3;1H/t12-;/m1./s1. The summed E-state index contributed by atoms with van der Waals surface area (Å²) in [4.78, 5) is 1.14. The van der Waals surface area contributed by atoms with Gasteiger partial charge in [0, 0.05) is 14.9 Å². The molecule has 0 unspecified atom stereocenters. The van der Waals surface area contributed by atoms with Crippen molar-refractivity contribution < 1.29 is 4.74 Å². The van der Waals surface area contributed by atoms with E-state index in [9.17, 15) is 0 Å². The molecule has 0 aliphatic rings. The van der Waals surface area contributed by atoms with E-state index in [0.29, 0.717) is 0 Å². The highest BCUT2D eigenvalue weighted by Gasteiger charge is 2.15. The van der Waals surface area contributed by atoms with Gasteiger partial charge in [-0.25, -0.2) is 0 Å². The molecule has 1 atom stereocenters. The zero-order valence-corrected chi connectivity index (χ0v) is 12.4. The smallest absolute Gasteiger partial charge is 0.124 e. The lowest BCUT2D eigenvalue weighted by atomic mass is 10.1. The summed E-state index contributed by atoms with van der Waals surface area (Å²) in [6, 6.07) is 9.78. The SMILES string of the molecule is COc1ccc(Br)cc1[C@@H](N)c1cccs1.Cl. The first-order valence-corrected chi connectivity index (χ1v) is 6.52. The van der Waals surface area contributed by atoms with Crippen LogP contribution < -0.4 is 10.5 Å². The van der Waals surface area contributed by atoms with Crippen molar-refractivity contribution in [1.29, 1.82) is 0 Å². The zero-order valence-electron chi connectivity index (χ0n) is 9.22. The molecule has 17 heavy (non-hydrogen) atoms. The van der Waals surface area contributed by atoms with Crippen molar-refractivity contribution in [1.82, 2.24) is 0 Å². The first-order chi connectivity index (χ1) is 7.72. The van der Waals surface area contributed by atoms with Gasteiger partial charge < -0.3 is 10.5 Å². The van der Waals surface area contributed by atoms with E-state index in [0.717, 1.165) is 20.7 Å². The second kappa shape index (κ2) is 6.40. The number of nitrogens with two attached hydrogens (primary N) is 1. The monoisotopic (exact) mass is 333 g/mol. The Balaban J connectivity index is 0.00000144. The van der Waals surface area contributed by atoms with Crippen LogP contribution in [0.5, 0.6) is 5.75 Å². The fourth-order valence-corrected chi connectivity index (χ4v) is 2.69. The fourth-order valence-electron chi connectivity index (χ4n) is 1.57. The van der Waals surface area contributed by atoms with Crippen LogP contribution in [0.4, 0.5) is 0 Å². The molecule has 0 amide bonds. The van der Waals surface area contributed by atoms with E-state index in [4.69, 9.17) is 10.5 Å². The predicted octanol–water partition coefficient (Wildman–Crippen LogP) is 3.99. The third-order valence-corrected chi connectivity index (χ3v) is 3.83. The molecule has 0 aliphatic heterocycles. The van der Waals surface area contributed by atoms with Gasteiger partial charge in [0.25, 0.3) is 0 Å². The van der Waals surface area contributed by atoms with Crippen molar-refractivity contribution in [2.45, 2.75) is 6.04 Å². The lowest BCUT2D eigenvalue weighted by molar-refractivity contribution is 0.408. The van der Waals surface area contributed by atoms with Crippen LogP contribution in [0.3, 0.4) is 0 Å². The molecule has 1 heterocycles. The Kier molecular flexibility index (Phi) is 5.46. The number of halogens is 2. The van der Waals surface area contributed by atoms with Gasteiger partial charge in [0.15, 0.2) is 0 Å².